The average Bonchev–Trinajstić information content (AvgIpc) is 2.71. The van der Waals surface area contributed by atoms with E-state index in [1.54, 1.807) is 0 Å². The summed E-state index contributed by atoms with van der Waals surface area (Å²) in [5.74, 6) is -0.600. The maximum absolute atomic E-state index is 11.6. The van der Waals surface area contributed by atoms with E-state index in [2.05, 4.69) is 25.7 Å². The molecule has 1 N–H and O–H groups in total. The maximum atomic E-state index is 11.6. The molecule has 1 atom stereocenters. The fourth-order valence-corrected chi connectivity index (χ4v) is 3.71. The summed E-state index contributed by atoms with van der Waals surface area (Å²) < 4.78 is 6.04. The minimum absolute atomic E-state index is 0.0213. The third-order valence-corrected chi connectivity index (χ3v) is 5.01. The Kier molecular flexibility index (Phi) is 4.75. The third kappa shape index (κ3) is 3.53. The summed E-state index contributed by atoms with van der Waals surface area (Å²) in [5, 5.41) is 9.52. The fraction of sp³-hybridized carbons (Fsp3) is 0.938. The highest BCUT2D eigenvalue weighted by molar-refractivity contribution is 5.74. The summed E-state index contributed by atoms with van der Waals surface area (Å²) in [5.41, 5.74) is -0.450. The van der Waals surface area contributed by atoms with Crippen molar-refractivity contribution in [3.8, 4) is 0 Å². The Morgan fingerprint density at radius 2 is 1.95 bits per heavy atom. The molecule has 2 rings (SSSR count). The molecule has 1 unspecified atom stereocenters. The van der Waals surface area contributed by atoms with Gasteiger partial charge in [0, 0.05) is 6.54 Å². The molecule has 20 heavy (non-hydrogen) atoms. The lowest BCUT2D eigenvalue weighted by Crippen LogP contribution is -2.46. The van der Waals surface area contributed by atoms with Gasteiger partial charge in [-0.2, -0.15) is 0 Å². The van der Waals surface area contributed by atoms with Gasteiger partial charge in [0.15, 0.2) is 0 Å². The monoisotopic (exact) mass is 283 g/mol. The third-order valence-electron chi connectivity index (χ3n) is 5.01. The predicted molar refractivity (Wildman–Crippen MR) is 78.8 cm³/mol. The van der Waals surface area contributed by atoms with Gasteiger partial charge in [0.25, 0.3) is 0 Å². The second-order valence-corrected chi connectivity index (χ2v) is 7.17. The summed E-state index contributed by atoms with van der Waals surface area (Å²) in [7, 11) is 0. The van der Waals surface area contributed by atoms with Crippen molar-refractivity contribution in [2.24, 2.45) is 5.41 Å². The first kappa shape index (κ1) is 15.8. The van der Waals surface area contributed by atoms with Crippen LogP contribution in [0.2, 0.25) is 0 Å². The molecule has 4 heteroatoms. The van der Waals surface area contributed by atoms with Crippen molar-refractivity contribution in [3.63, 3.8) is 0 Å². The van der Waals surface area contributed by atoms with E-state index in [0.29, 0.717) is 6.10 Å². The first-order valence-electron chi connectivity index (χ1n) is 8.00. The molecule has 116 valence electrons. The zero-order chi connectivity index (χ0) is 14.8. The van der Waals surface area contributed by atoms with Gasteiger partial charge in [-0.05, 0) is 59.0 Å². The predicted octanol–water partition coefficient (Wildman–Crippen LogP) is 2.91. The van der Waals surface area contributed by atoms with E-state index in [1.807, 2.05) is 0 Å². The number of aliphatic carboxylic acids is 1. The number of ether oxygens (including phenoxy) is 1. The topological polar surface area (TPSA) is 49.8 Å². The van der Waals surface area contributed by atoms with Crippen LogP contribution in [0.1, 0.15) is 59.3 Å². The Bertz CT molecular complexity index is 346. The highest BCUT2D eigenvalue weighted by Crippen LogP contribution is 2.37. The van der Waals surface area contributed by atoms with Crippen molar-refractivity contribution < 1.29 is 14.6 Å². The van der Waals surface area contributed by atoms with Gasteiger partial charge in [0.05, 0.1) is 17.1 Å². The van der Waals surface area contributed by atoms with E-state index in [1.165, 1.54) is 0 Å². The number of hydrogen-bond donors (Lipinski definition) is 1. The van der Waals surface area contributed by atoms with Gasteiger partial charge in [0.1, 0.15) is 0 Å². The number of carboxylic acid groups (broad SMARTS) is 1. The molecule has 0 bridgehead atoms. The first-order chi connectivity index (χ1) is 9.37. The van der Waals surface area contributed by atoms with Gasteiger partial charge in [-0.15, -0.1) is 0 Å². The molecular weight excluding hydrogens is 254 g/mol. The van der Waals surface area contributed by atoms with Crippen LogP contribution in [0.3, 0.4) is 0 Å². The molecule has 0 aromatic rings. The number of nitrogens with zero attached hydrogens (tertiary/aromatic N) is 1. The average molecular weight is 283 g/mol. The number of carbonyl (C=O) groups is 1. The van der Waals surface area contributed by atoms with Gasteiger partial charge < -0.3 is 14.7 Å². The lowest BCUT2D eigenvalue weighted by molar-refractivity contribution is -0.153. The van der Waals surface area contributed by atoms with E-state index >= 15 is 0 Å². The molecule has 0 saturated carbocycles. The van der Waals surface area contributed by atoms with E-state index in [0.717, 1.165) is 58.2 Å². The van der Waals surface area contributed by atoms with Gasteiger partial charge in [0.2, 0.25) is 0 Å². The van der Waals surface area contributed by atoms with Crippen molar-refractivity contribution in [3.05, 3.63) is 0 Å². The molecule has 0 spiro atoms. The highest BCUT2D eigenvalue weighted by atomic mass is 16.5. The SMILES string of the molecule is CCCC1(C(=O)O)CCN(CC2CCC(C)(C)O2)CC1. The molecule has 0 aromatic carbocycles. The van der Waals surface area contributed by atoms with E-state index in [-0.39, 0.29) is 5.60 Å². The van der Waals surface area contributed by atoms with Crippen LogP contribution in [-0.2, 0) is 9.53 Å². The molecular formula is C16H29NO3. The molecule has 0 aromatic heterocycles. The van der Waals surface area contributed by atoms with Crippen molar-refractivity contribution in [1.82, 2.24) is 4.90 Å². The summed E-state index contributed by atoms with van der Waals surface area (Å²) in [6.45, 7) is 9.13. The van der Waals surface area contributed by atoms with E-state index in [4.69, 9.17) is 4.74 Å². The van der Waals surface area contributed by atoms with Gasteiger partial charge in [-0.3, -0.25) is 4.79 Å². The van der Waals surface area contributed by atoms with Crippen LogP contribution >= 0.6 is 0 Å². The van der Waals surface area contributed by atoms with Crippen LogP contribution in [0.15, 0.2) is 0 Å². The van der Waals surface area contributed by atoms with Crippen molar-refractivity contribution in [2.45, 2.75) is 71.0 Å². The van der Waals surface area contributed by atoms with Gasteiger partial charge in [-0.1, -0.05) is 13.3 Å². The fourth-order valence-electron chi connectivity index (χ4n) is 3.71. The Labute approximate surface area is 122 Å². The Morgan fingerprint density at radius 3 is 2.40 bits per heavy atom. The van der Waals surface area contributed by atoms with Gasteiger partial charge >= 0.3 is 5.97 Å². The number of likely N-dealkylation sites (tertiary alicyclic amines) is 1. The molecule has 0 aliphatic carbocycles. The number of carboxylic acids is 1. The van der Waals surface area contributed by atoms with Crippen LogP contribution < -0.4 is 0 Å². The zero-order valence-corrected chi connectivity index (χ0v) is 13.2. The van der Waals surface area contributed by atoms with Crippen LogP contribution in [0.4, 0.5) is 0 Å². The normalized spacial score (nSPS) is 29.4. The summed E-state index contributed by atoms with van der Waals surface area (Å²) >= 11 is 0. The zero-order valence-electron chi connectivity index (χ0n) is 13.2. The number of rotatable bonds is 5. The van der Waals surface area contributed by atoms with Crippen LogP contribution in [0, 0.1) is 5.41 Å². The van der Waals surface area contributed by atoms with Crippen LogP contribution in [0.25, 0.3) is 0 Å². The molecule has 2 saturated heterocycles. The van der Waals surface area contributed by atoms with Crippen LogP contribution in [-0.4, -0.2) is 47.3 Å². The Balaban J connectivity index is 1.83. The second kappa shape index (κ2) is 6.02. The minimum atomic E-state index is -0.600. The molecule has 0 radical (unpaired) electrons. The highest BCUT2D eigenvalue weighted by Gasteiger charge is 2.41. The lowest BCUT2D eigenvalue weighted by Gasteiger charge is -2.39. The summed E-state index contributed by atoms with van der Waals surface area (Å²) in [4.78, 5) is 14.0. The molecule has 2 aliphatic heterocycles. The lowest BCUT2D eigenvalue weighted by atomic mass is 9.75. The summed E-state index contributed by atoms with van der Waals surface area (Å²) in [6, 6.07) is 0. The maximum Gasteiger partial charge on any atom is 0.309 e. The Hall–Kier alpha value is -0.610. The molecule has 0 amide bonds. The standard InChI is InChI=1S/C16H29NO3/c1-4-6-16(14(18)19)8-10-17(11-9-16)12-13-5-7-15(2,3)20-13/h13H,4-12H2,1-3H3,(H,18,19). The van der Waals surface area contributed by atoms with Crippen LogP contribution in [0.5, 0.6) is 0 Å². The van der Waals surface area contributed by atoms with E-state index in [9.17, 15) is 9.90 Å². The van der Waals surface area contributed by atoms with Gasteiger partial charge in [-0.25, -0.2) is 0 Å². The first-order valence-corrected chi connectivity index (χ1v) is 8.00. The quantitative estimate of drug-likeness (QED) is 0.843. The van der Waals surface area contributed by atoms with E-state index < -0.39 is 11.4 Å². The largest absolute Gasteiger partial charge is 0.481 e. The molecule has 2 fully saturated rings. The number of hydrogen-bond acceptors (Lipinski definition) is 3. The molecule has 2 aliphatic rings. The van der Waals surface area contributed by atoms with Crippen molar-refractivity contribution in [1.29, 1.82) is 0 Å². The molecule has 4 nitrogen and oxygen atoms in total. The minimum Gasteiger partial charge on any atom is -0.481 e. The van der Waals surface area contributed by atoms with Crippen molar-refractivity contribution in [2.75, 3.05) is 19.6 Å². The number of piperidine rings is 1. The molecule has 2 heterocycles. The second-order valence-electron chi connectivity index (χ2n) is 7.17. The van der Waals surface area contributed by atoms with Crippen molar-refractivity contribution >= 4 is 5.97 Å². The Morgan fingerprint density at radius 1 is 1.30 bits per heavy atom. The summed E-state index contributed by atoms with van der Waals surface area (Å²) in [6.07, 6.45) is 5.91. The smallest absolute Gasteiger partial charge is 0.309 e.